The van der Waals surface area contributed by atoms with Crippen LogP contribution in [0.2, 0.25) is 0 Å². The minimum absolute atomic E-state index is 0.0333. The van der Waals surface area contributed by atoms with Crippen LogP contribution in [0.5, 0.6) is 0 Å². The first-order valence-electron chi connectivity index (χ1n) is 27.4. The van der Waals surface area contributed by atoms with Gasteiger partial charge in [0.1, 0.15) is 12.2 Å². The Hall–Kier alpha value is -1.89. The molecule has 3 N–H and O–H groups in total. The quantitative estimate of drug-likeness (QED) is 0.0319. The minimum Gasteiger partial charge on any atom is -0.386 e. The topological polar surface area (TPSA) is 112 Å². The van der Waals surface area contributed by atoms with E-state index in [1.54, 1.807) is 0 Å². The van der Waals surface area contributed by atoms with Gasteiger partial charge in [0.15, 0.2) is 17.3 Å². The second-order valence-corrected chi connectivity index (χ2v) is 19.0. The van der Waals surface area contributed by atoms with Crippen molar-refractivity contribution >= 4 is 17.3 Å². The third-order valence-corrected chi connectivity index (χ3v) is 12.9. The maximum absolute atomic E-state index is 13.6. The highest BCUT2D eigenvalue weighted by Crippen LogP contribution is 2.25. The van der Waals surface area contributed by atoms with Gasteiger partial charge in [-0.05, 0) is 96.3 Å². The van der Waals surface area contributed by atoms with E-state index in [0.29, 0.717) is 32.1 Å². The van der Waals surface area contributed by atoms with Crippen LogP contribution in [-0.2, 0) is 14.4 Å². The Morgan fingerprint density at radius 2 is 0.571 bits per heavy atom. The molecule has 2 unspecified atom stereocenters. The van der Waals surface area contributed by atoms with Crippen molar-refractivity contribution in [2.24, 2.45) is 0 Å². The molecule has 0 saturated carbocycles. The van der Waals surface area contributed by atoms with Crippen molar-refractivity contribution in [2.75, 3.05) is 0 Å². The van der Waals surface area contributed by atoms with Gasteiger partial charge in [0, 0.05) is 19.3 Å². The summed E-state index contributed by atoms with van der Waals surface area (Å²) in [5, 5.41) is 33.9. The van der Waals surface area contributed by atoms with E-state index in [2.05, 4.69) is 57.2 Å². The Morgan fingerprint density at radius 1 is 0.349 bits per heavy atom. The Kier molecular flexibility index (Phi) is 45.2. The Labute approximate surface area is 390 Å². The third-order valence-electron chi connectivity index (χ3n) is 12.9. The summed E-state index contributed by atoms with van der Waals surface area (Å²) in [6, 6.07) is 0. The van der Waals surface area contributed by atoms with Gasteiger partial charge in [-0.15, -0.1) is 0 Å². The molecule has 0 radical (unpaired) electrons. The van der Waals surface area contributed by atoms with Gasteiger partial charge >= 0.3 is 0 Å². The van der Waals surface area contributed by atoms with E-state index < -0.39 is 35.2 Å². The molecule has 0 aromatic rings. The normalized spacial score (nSPS) is 13.2. The summed E-state index contributed by atoms with van der Waals surface area (Å²) < 4.78 is 0. The monoisotopic (exact) mass is 885 g/mol. The molecule has 6 heteroatoms. The maximum atomic E-state index is 13.6. The number of unbranched alkanes of at least 4 members (excludes halogenated alkanes) is 33. The van der Waals surface area contributed by atoms with Gasteiger partial charge in [-0.1, -0.05) is 211 Å². The van der Waals surface area contributed by atoms with Crippen LogP contribution in [-0.4, -0.2) is 50.5 Å². The fourth-order valence-corrected chi connectivity index (χ4v) is 8.50. The summed E-state index contributed by atoms with van der Waals surface area (Å²) in [4.78, 5) is 40.2. The van der Waals surface area contributed by atoms with Gasteiger partial charge in [-0.2, -0.15) is 0 Å². The summed E-state index contributed by atoms with van der Waals surface area (Å²) in [6.45, 7) is 6.75. The molecule has 368 valence electrons. The number of carbonyl (C=O) groups excluding carboxylic acids is 3. The van der Waals surface area contributed by atoms with Gasteiger partial charge < -0.3 is 15.3 Å². The molecule has 0 aromatic heterocycles. The molecule has 0 aromatic carbocycles. The number of rotatable bonds is 50. The lowest BCUT2D eigenvalue weighted by atomic mass is 9.79. The van der Waals surface area contributed by atoms with Crippen molar-refractivity contribution in [3.63, 3.8) is 0 Å². The predicted molar refractivity (Wildman–Crippen MR) is 270 cm³/mol. The first kappa shape index (κ1) is 61.1. The largest absolute Gasteiger partial charge is 0.386 e. The van der Waals surface area contributed by atoms with Crippen molar-refractivity contribution in [3.05, 3.63) is 36.5 Å². The predicted octanol–water partition coefficient (Wildman–Crippen LogP) is 16.3. The fourth-order valence-electron chi connectivity index (χ4n) is 8.50. The Morgan fingerprint density at radius 3 is 0.857 bits per heavy atom. The molecule has 0 rings (SSSR count). The van der Waals surface area contributed by atoms with Crippen LogP contribution in [0.3, 0.4) is 0 Å². The van der Waals surface area contributed by atoms with Gasteiger partial charge in [0.25, 0.3) is 0 Å². The van der Waals surface area contributed by atoms with Crippen LogP contribution in [0.4, 0.5) is 0 Å². The highest BCUT2D eigenvalue weighted by atomic mass is 16.4. The van der Waals surface area contributed by atoms with Crippen LogP contribution in [0.25, 0.3) is 0 Å². The zero-order valence-electron chi connectivity index (χ0n) is 41.9. The first-order chi connectivity index (χ1) is 30.8. The number of hydrogen-bond donors (Lipinski definition) is 3. The van der Waals surface area contributed by atoms with E-state index in [1.165, 1.54) is 154 Å². The van der Waals surface area contributed by atoms with Crippen LogP contribution >= 0.6 is 0 Å². The van der Waals surface area contributed by atoms with Gasteiger partial charge in [0.05, 0.1) is 0 Å². The van der Waals surface area contributed by atoms with Crippen molar-refractivity contribution in [3.8, 4) is 0 Å². The highest BCUT2D eigenvalue weighted by Gasteiger charge is 2.52. The lowest BCUT2D eigenvalue weighted by Gasteiger charge is -2.32. The number of carbonyl (C=O) groups is 3. The molecule has 0 heterocycles. The van der Waals surface area contributed by atoms with Crippen molar-refractivity contribution in [2.45, 2.75) is 308 Å². The lowest BCUT2D eigenvalue weighted by molar-refractivity contribution is -0.174. The highest BCUT2D eigenvalue weighted by molar-refractivity contribution is 6.11. The molecule has 6 nitrogen and oxygen atoms in total. The van der Waals surface area contributed by atoms with Crippen molar-refractivity contribution in [1.82, 2.24) is 0 Å². The van der Waals surface area contributed by atoms with E-state index in [1.807, 2.05) is 0 Å². The lowest BCUT2D eigenvalue weighted by Crippen LogP contribution is -2.61. The van der Waals surface area contributed by atoms with E-state index in [9.17, 15) is 29.7 Å². The van der Waals surface area contributed by atoms with Gasteiger partial charge in [-0.25, -0.2) is 0 Å². The number of Topliss-reactive ketones (excluding diaryl/α,β-unsaturated/α-hetero) is 3. The molecular formula is C57H104O6. The zero-order valence-corrected chi connectivity index (χ0v) is 41.9. The summed E-state index contributed by atoms with van der Waals surface area (Å²) >= 11 is 0. The van der Waals surface area contributed by atoms with Crippen LogP contribution < -0.4 is 0 Å². The van der Waals surface area contributed by atoms with Crippen molar-refractivity contribution in [1.29, 1.82) is 0 Å². The second kappa shape index (κ2) is 46.6. The molecule has 0 spiro atoms. The third kappa shape index (κ3) is 36.0. The molecule has 0 amide bonds. The summed E-state index contributed by atoms with van der Waals surface area (Å²) in [5.74, 6) is -2.23. The van der Waals surface area contributed by atoms with Gasteiger partial charge in [0.2, 0.25) is 5.60 Å². The summed E-state index contributed by atoms with van der Waals surface area (Å²) in [5.41, 5.74) is -2.80. The first-order valence-corrected chi connectivity index (χ1v) is 27.4. The second-order valence-electron chi connectivity index (χ2n) is 19.0. The number of allylic oxidation sites excluding steroid dienone is 6. The van der Waals surface area contributed by atoms with E-state index in [0.717, 1.165) is 64.2 Å². The zero-order chi connectivity index (χ0) is 46.3. The molecule has 0 fully saturated rings. The average molecular weight is 885 g/mol. The van der Waals surface area contributed by atoms with E-state index >= 15 is 0 Å². The number of aliphatic hydroxyl groups excluding tert-OH is 2. The van der Waals surface area contributed by atoms with Crippen LogP contribution in [0.1, 0.15) is 290 Å². The Balaban J connectivity index is 4.85. The molecule has 2 atom stereocenters. The molecule has 0 aliphatic rings. The molecule has 0 aliphatic heterocycles. The average Bonchev–Trinajstić information content (AvgIpc) is 3.29. The molecule has 0 aliphatic carbocycles. The number of ketones is 3. The van der Waals surface area contributed by atoms with Gasteiger partial charge in [-0.3, -0.25) is 14.4 Å². The SMILES string of the molecule is CCCCCCCC/C=C\CCCCCCCC(=O)C(O)C(O)C(O)(C(=O)CCCC/C=C\CCCCCCCCCCC)C(=O)CCCC/C=C\CCCCCCCCCCC. The molecule has 0 saturated heterocycles. The maximum Gasteiger partial charge on any atom is 0.210 e. The minimum atomic E-state index is -2.80. The fraction of sp³-hybridized carbons (Fsp3) is 0.842. The molecule has 63 heavy (non-hydrogen) atoms. The summed E-state index contributed by atoms with van der Waals surface area (Å²) in [7, 11) is 0. The standard InChI is InChI=1S/C57H104O6/c1-4-7-10-13-16-19-22-25-28-31-34-37-40-43-46-49-52(58)55(61)56(62)57(63,53(59)50-47-44-41-38-35-32-29-26-23-20-17-14-11-8-5-2)54(60)51-48-45-42-39-36-33-30-27-24-21-18-15-12-9-6-3/h25,28,35-36,38-39,55-56,61-63H,4-24,26-27,29-34,37,40-51H2,1-3H3/b28-25-,38-35-,39-36-. The summed E-state index contributed by atoms with van der Waals surface area (Å²) in [6.07, 6.45) is 53.1. The van der Waals surface area contributed by atoms with E-state index in [4.69, 9.17) is 0 Å². The number of aliphatic hydroxyl groups is 3. The van der Waals surface area contributed by atoms with Crippen LogP contribution in [0, 0.1) is 0 Å². The smallest absolute Gasteiger partial charge is 0.210 e. The van der Waals surface area contributed by atoms with Crippen LogP contribution in [0.15, 0.2) is 36.5 Å². The van der Waals surface area contributed by atoms with E-state index in [-0.39, 0.29) is 19.3 Å². The molecule has 0 bridgehead atoms. The number of hydrogen-bond acceptors (Lipinski definition) is 6. The molecular weight excluding hydrogens is 781 g/mol. The Bertz CT molecular complexity index is 1070. The van der Waals surface area contributed by atoms with Crippen molar-refractivity contribution < 1.29 is 29.7 Å².